The van der Waals surface area contributed by atoms with Crippen LogP contribution in [0.2, 0.25) is 0 Å². The molecule has 0 saturated carbocycles. The fourth-order valence-electron chi connectivity index (χ4n) is 2.71. The number of azo groups is 1. The molecule has 1 fully saturated rings. The van der Waals surface area contributed by atoms with Crippen LogP contribution in [0.4, 0.5) is 17.1 Å². The molecule has 3 rings (SSSR count). The predicted molar refractivity (Wildman–Crippen MR) is 107 cm³/mol. The zero-order valence-electron chi connectivity index (χ0n) is 16.4. The van der Waals surface area contributed by atoms with E-state index in [0.717, 1.165) is 16.9 Å². The topological polar surface area (TPSA) is 91.6 Å². The Morgan fingerprint density at radius 1 is 0.931 bits per heavy atom. The van der Waals surface area contributed by atoms with E-state index in [-0.39, 0.29) is 19.3 Å². The molecule has 1 saturated heterocycles. The number of imide groups is 1. The molecule has 1 aliphatic heterocycles. The second-order valence-electron chi connectivity index (χ2n) is 6.82. The van der Waals surface area contributed by atoms with E-state index in [2.05, 4.69) is 10.2 Å². The number of benzene rings is 2. The Labute approximate surface area is 168 Å². The highest BCUT2D eigenvalue weighted by molar-refractivity contribution is 6.01. The average Bonchev–Trinajstić information content (AvgIpc) is 3.04. The van der Waals surface area contributed by atoms with Crippen molar-refractivity contribution in [2.24, 2.45) is 10.2 Å². The van der Waals surface area contributed by atoms with Gasteiger partial charge in [0.1, 0.15) is 0 Å². The summed E-state index contributed by atoms with van der Waals surface area (Å²) in [4.78, 5) is 41.6. The van der Waals surface area contributed by atoms with E-state index in [1.165, 1.54) is 0 Å². The number of aryl methyl sites for hydroxylation is 1. The summed E-state index contributed by atoms with van der Waals surface area (Å²) in [6.07, 6.45) is 0.665. The highest BCUT2D eigenvalue weighted by Gasteiger charge is 2.32. The third kappa shape index (κ3) is 5.47. The minimum Gasteiger partial charge on any atom is -0.378 e. The number of rotatable bonds is 7. The maximum atomic E-state index is 11.9. The Hall–Kier alpha value is -3.55. The van der Waals surface area contributed by atoms with Crippen molar-refractivity contribution in [3.05, 3.63) is 54.1 Å². The summed E-state index contributed by atoms with van der Waals surface area (Å²) in [7, 11) is 3.95. The normalized spacial score (nSPS) is 13.9. The first kappa shape index (κ1) is 20.2. The van der Waals surface area contributed by atoms with Crippen LogP contribution in [0.5, 0.6) is 0 Å². The van der Waals surface area contributed by atoms with Gasteiger partial charge in [-0.3, -0.25) is 9.59 Å². The van der Waals surface area contributed by atoms with Gasteiger partial charge in [0.15, 0.2) is 0 Å². The highest BCUT2D eigenvalue weighted by atomic mass is 16.7. The Balaban J connectivity index is 1.50. The van der Waals surface area contributed by atoms with Crippen molar-refractivity contribution in [2.45, 2.75) is 25.7 Å². The van der Waals surface area contributed by atoms with Crippen molar-refractivity contribution >= 4 is 34.8 Å². The zero-order chi connectivity index (χ0) is 20.8. The van der Waals surface area contributed by atoms with Gasteiger partial charge in [0.25, 0.3) is 11.8 Å². The Kier molecular flexibility index (Phi) is 6.33. The third-order valence-corrected chi connectivity index (χ3v) is 4.40. The summed E-state index contributed by atoms with van der Waals surface area (Å²) < 4.78 is 0. The lowest BCUT2D eigenvalue weighted by molar-refractivity contribution is -0.197. The molecule has 0 aliphatic carbocycles. The first-order chi connectivity index (χ1) is 13.9. The summed E-state index contributed by atoms with van der Waals surface area (Å²) in [5.41, 5.74) is 3.45. The summed E-state index contributed by atoms with van der Waals surface area (Å²) in [5.74, 6) is -1.57. The lowest BCUT2D eigenvalue weighted by atomic mass is 10.1. The van der Waals surface area contributed by atoms with Crippen LogP contribution in [0.25, 0.3) is 0 Å². The second-order valence-corrected chi connectivity index (χ2v) is 6.82. The van der Waals surface area contributed by atoms with Gasteiger partial charge in [0.2, 0.25) is 0 Å². The van der Waals surface area contributed by atoms with Crippen LogP contribution in [0.1, 0.15) is 24.8 Å². The number of anilines is 1. The fraction of sp³-hybridized carbons (Fsp3) is 0.286. The van der Waals surface area contributed by atoms with Crippen molar-refractivity contribution in [1.82, 2.24) is 5.06 Å². The molecule has 8 heteroatoms. The molecule has 0 spiro atoms. The smallest absolute Gasteiger partial charge is 0.333 e. The van der Waals surface area contributed by atoms with Gasteiger partial charge in [0, 0.05) is 32.6 Å². The minimum atomic E-state index is -0.612. The lowest BCUT2D eigenvalue weighted by Gasteiger charge is -2.12. The number of hydrogen-bond acceptors (Lipinski definition) is 7. The summed E-state index contributed by atoms with van der Waals surface area (Å²) >= 11 is 0. The molecule has 1 heterocycles. The highest BCUT2D eigenvalue weighted by Crippen LogP contribution is 2.22. The quantitative estimate of drug-likeness (QED) is 0.527. The maximum absolute atomic E-state index is 11.9. The minimum absolute atomic E-state index is 0.0656. The lowest BCUT2D eigenvalue weighted by Crippen LogP contribution is -2.32. The largest absolute Gasteiger partial charge is 0.378 e. The van der Waals surface area contributed by atoms with Gasteiger partial charge < -0.3 is 9.74 Å². The molecule has 2 aromatic rings. The molecule has 1 aliphatic rings. The van der Waals surface area contributed by atoms with Gasteiger partial charge in [-0.25, -0.2) is 4.79 Å². The monoisotopic (exact) mass is 394 g/mol. The van der Waals surface area contributed by atoms with E-state index in [1.807, 2.05) is 67.5 Å². The van der Waals surface area contributed by atoms with Crippen LogP contribution in [-0.2, 0) is 25.6 Å². The standard InChI is InChI=1S/C21H22N4O4/c1-24(2)18-10-8-17(9-11-18)23-22-16-6-3-15(4-7-16)5-14-21(28)29-25-19(26)12-13-20(25)27/h3-4,6-11H,5,12-14H2,1-2H3. The van der Waals surface area contributed by atoms with Crippen molar-refractivity contribution in [2.75, 3.05) is 19.0 Å². The van der Waals surface area contributed by atoms with Crippen molar-refractivity contribution in [1.29, 1.82) is 0 Å². The predicted octanol–water partition coefficient (Wildman–Crippen LogP) is 3.71. The molecule has 0 radical (unpaired) electrons. The number of carbonyl (C=O) groups is 3. The van der Waals surface area contributed by atoms with E-state index >= 15 is 0 Å². The molecule has 0 N–H and O–H groups in total. The van der Waals surface area contributed by atoms with Gasteiger partial charge in [-0.2, -0.15) is 10.2 Å². The number of hydrogen-bond donors (Lipinski definition) is 0. The maximum Gasteiger partial charge on any atom is 0.333 e. The molecule has 29 heavy (non-hydrogen) atoms. The number of amides is 2. The molecule has 0 bridgehead atoms. The SMILES string of the molecule is CN(C)c1ccc(N=Nc2ccc(CCC(=O)ON3C(=O)CCC3=O)cc2)cc1. The van der Waals surface area contributed by atoms with Gasteiger partial charge in [-0.05, 0) is 48.4 Å². The summed E-state index contributed by atoms with van der Waals surface area (Å²) in [6.45, 7) is 0. The first-order valence-corrected chi connectivity index (χ1v) is 9.27. The van der Waals surface area contributed by atoms with Gasteiger partial charge in [-0.15, -0.1) is 5.06 Å². The summed E-state index contributed by atoms with van der Waals surface area (Å²) in [5, 5.41) is 8.99. The van der Waals surface area contributed by atoms with Crippen LogP contribution < -0.4 is 4.90 Å². The number of hydroxylamine groups is 2. The van der Waals surface area contributed by atoms with Crippen LogP contribution in [0, 0.1) is 0 Å². The number of nitrogens with zero attached hydrogens (tertiary/aromatic N) is 4. The number of carbonyl (C=O) groups excluding carboxylic acids is 3. The molecule has 8 nitrogen and oxygen atoms in total. The second kappa shape index (κ2) is 9.09. The molecule has 2 amide bonds. The molecule has 0 atom stereocenters. The van der Waals surface area contributed by atoms with E-state index < -0.39 is 17.8 Å². The average molecular weight is 394 g/mol. The molecular formula is C21H22N4O4. The van der Waals surface area contributed by atoms with Crippen molar-refractivity contribution in [3.8, 4) is 0 Å². The van der Waals surface area contributed by atoms with Crippen LogP contribution >= 0.6 is 0 Å². The Morgan fingerprint density at radius 2 is 1.45 bits per heavy atom. The van der Waals surface area contributed by atoms with Gasteiger partial charge >= 0.3 is 5.97 Å². The van der Waals surface area contributed by atoms with E-state index in [9.17, 15) is 14.4 Å². The molecular weight excluding hydrogens is 372 g/mol. The van der Waals surface area contributed by atoms with Crippen molar-refractivity contribution in [3.63, 3.8) is 0 Å². The van der Waals surface area contributed by atoms with E-state index in [0.29, 0.717) is 17.2 Å². The van der Waals surface area contributed by atoms with Gasteiger partial charge in [0.05, 0.1) is 17.8 Å². The van der Waals surface area contributed by atoms with Crippen LogP contribution in [0.15, 0.2) is 58.8 Å². The zero-order valence-corrected chi connectivity index (χ0v) is 16.4. The van der Waals surface area contributed by atoms with Gasteiger partial charge in [-0.1, -0.05) is 12.1 Å². The first-order valence-electron chi connectivity index (χ1n) is 9.27. The summed E-state index contributed by atoms with van der Waals surface area (Å²) in [6, 6.07) is 15.1. The van der Waals surface area contributed by atoms with E-state index in [1.54, 1.807) is 0 Å². The van der Waals surface area contributed by atoms with Crippen LogP contribution in [0.3, 0.4) is 0 Å². The molecule has 2 aromatic carbocycles. The molecule has 0 aromatic heterocycles. The third-order valence-electron chi connectivity index (χ3n) is 4.40. The van der Waals surface area contributed by atoms with Crippen molar-refractivity contribution < 1.29 is 19.2 Å². The Morgan fingerprint density at radius 3 is 1.97 bits per heavy atom. The Bertz CT molecular complexity index is 905. The molecule has 150 valence electrons. The van der Waals surface area contributed by atoms with Crippen LogP contribution in [-0.4, -0.2) is 36.9 Å². The van der Waals surface area contributed by atoms with E-state index in [4.69, 9.17) is 4.84 Å². The molecule has 0 unspecified atom stereocenters. The fourth-order valence-corrected chi connectivity index (χ4v) is 2.71.